The van der Waals surface area contributed by atoms with Gasteiger partial charge in [0.2, 0.25) is 0 Å². The molecule has 0 bridgehead atoms. The molecule has 0 saturated carbocycles. The van der Waals surface area contributed by atoms with E-state index in [1.165, 1.54) is 64.7 Å². The third kappa shape index (κ3) is 47.0. The predicted octanol–water partition coefficient (Wildman–Crippen LogP) is 4.65. The monoisotopic (exact) mass is 712 g/mol. The molecule has 294 valence electrons. The van der Waals surface area contributed by atoms with Crippen LogP contribution >= 0.6 is 0 Å². The maximum Gasteiger partial charge on any atom is 0.302 e. The van der Waals surface area contributed by atoms with Crippen LogP contribution in [0.15, 0.2) is 0 Å². The van der Waals surface area contributed by atoms with Crippen LogP contribution in [-0.2, 0) is 61.6 Å². The number of hydrogen-bond acceptors (Lipinski definition) is 13. The first-order valence-electron chi connectivity index (χ1n) is 18.8. The highest BCUT2D eigenvalue weighted by Gasteiger charge is 1.98. The van der Waals surface area contributed by atoms with Gasteiger partial charge in [0.1, 0.15) is 6.61 Å². The van der Waals surface area contributed by atoms with Gasteiger partial charge in [-0.05, 0) is 6.42 Å². The number of rotatable bonds is 44. The highest BCUT2D eigenvalue weighted by Crippen LogP contribution is 2.10. The van der Waals surface area contributed by atoms with Gasteiger partial charge >= 0.3 is 5.97 Å². The average Bonchev–Trinajstić information content (AvgIpc) is 3.10. The second-order valence-electron chi connectivity index (χ2n) is 11.3. The smallest absolute Gasteiger partial charge is 0.302 e. The van der Waals surface area contributed by atoms with Crippen LogP contribution in [0.3, 0.4) is 0 Å². The van der Waals surface area contributed by atoms with Crippen molar-refractivity contribution >= 4 is 5.97 Å². The molecule has 0 atom stereocenters. The third-order valence-electron chi connectivity index (χ3n) is 6.90. The molecule has 0 rings (SSSR count). The molecule has 0 unspecified atom stereocenters. The fraction of sp³-hybridized carbons (Fsp3) is 0.972. The molecule has 0 amide bonds. The van der Waals surface area contributed by atoms with E-state index in [1.807, 2.05) is 0 Å². The summed E-state index contributed by atoms with van der Waals surface area (Å²) >= 11 is 0. The minimum Gasteiger partial charge on any atom is -0.463 e. The molecule has 0 aliphatic heterocycles. The summed E-state index contributed by atoms with van der Waals surface area (Å²) in [6, 6.07) is 0. The van der Waals surface area contributed by atoms with Crippen molar-refractivity contribution in [3.63, 3.8) is 0 Å². The summed E-state index contributed by atoms with van der Waals surface area (Å²) in [5.41, 5.74) is 0. The number of unbranched alkanes of at least 4 members (excludes halogenated alkanes) is 9. The van der Waals surface area contributed by atoms with Gasteiger partial charge in [-0.25, -0.2) is 0 Å². The van der Waals surface area contributed by atoms with Crippen LogP contribution in [0.1, 0.15) is 78.1 Å². The molecule has 0 spiro atoms. The summed E-state index contributed by atoms with van der Waals surface area (Å²) in [5, 5.41) is 0. The Morgan fingerprint density at radius 1 is 0.286 bits per heavy atom. The molecule has 13 nitrogen and oxygen atoms in total. The molecule has 0 fully saturated rings. The Balaban J connectivity index is 3.05. The highest BCUT2D eigenvalue weighted by atomic mass is 16.6. The van der Waals surface area contributed by atoms with Crippen molar-refractivity contribution in [2.45, 2.75) is 78.1 Å². The molecule has 0 aliphatic rings. The second-order valence-corrected chi connectivity index (χ2v) is 11.3. The van der Waals surface area contributed by atoms with E-state index in [2.05, 4.69) is 6.92 Å². The third-order valence-corrected chi connectivity index (χ3v) is 6.90. The van der Waals surface area contributed by atoms with Gasteiger partial charge < -0.3 is 56.8 Å². The van der Waals surface area contributed by atoms with Crippen molar-refractivity contribution < 1.29 is 61.6 Å². The van der Waals surface area contributed by atoms with Crippen LogP contribution in [0.4, 0.5) is 0 Å². The molecular formula is C36H72O13. The summed E-state index contributed by atoms with van der Waals surface area (Å²) in [4.78, 5) is 10.6. The summed E-state index contributed by atoms with van der Waals surface area (Å²) in [6.07, 6.45) is 13.4. The number of carbonyl (C=O) groups excluding carboxylic acids is 1. The van der Waals surface area contributed by atoms with Crippen LogP contribution in [0.5, 0.6) is 0 Å². The SMILES string of the molecule is CCCCCCCCCCCCOCCOCCOCCOCCOCCOCCOCCOCCOCCOCCOCCOC(C)=O. The standard InChI is InChI=1S/C36H72O13/c1-3-4-5-6-7-8-9-10-11-12-13-38-14-15-39-16-17-40-18-19-41-20-21-42-22-23-43-24-25-44-26-27-45-28-29-46-30-31-47-32-33-48-34-35-49-36(2)37/h3-35H2,1-2H3. The molecule has 0 saturated heterocycles. The fourth-order valence-electron chi connectivity index (χ4n) is 4.24. The number of hydrogen-bond donors (Lipinski definition) is 0. The minimum atomic E-state index is -0.309. The van der Waals surface area contributed by atoms with E-state index in [1.54, 1.807) is 0 Å². The summed E-state index contributed by atoms with van der Waals surface area (Å²) in [6.45, 7) is 15.5. The van der Waals surface area contributed by atoms with E-state index < -0.39 is 0 Å². The van der Waals surface area contributed by atoms with Crippen molar-refractivity contribution in [1.82, 2.24) is 0 Å². The largest absolute Gasteiger partial charge is 0.463 e. The molecular weight excluding hydrogens is 640 g/mol. The molecule has 0 radical (unpaired) electrons. The summed E-state index contributed by atoms with van der Waals surface area (Å²) in [5.74, 6) is -0.309. The van der Waals surface area contributed by atoms with Gasteiger partial charge in [-0.1, -0.05) is 64.7 Å². The van der Waals surface area contributed by atoms with Gasteiger partial charge in [0.25, 0.3) is 0 Å². The lowest BCUT2D eigenvalue weighted by molar-refractivity contribution is -0.142. The molecule has 0 aromatic heterocycles. The minimum absolute atomic E-state index is 0.260. The van der Waals surface area contributed by atoms with E-state index in [9.17, 15) is 4.79 Å². The number of ether oxygens (including phenoxy) is 12. The topological polar surface area (TPSA) is 128 Å². The first kappa shape index (κ1) is 48.0. The van der Waals surface area contributed by atoms with Gasteiger partial charge in [0, 0.05) is 13.5 Å². The van der Waals surface area contributed by atoms with Crippen molar-refractivity contribution in [3.8, 4) is 0 Å². The fourth-order valence-corrected chi connectivity index (χ4v) is 4.24. The van der Waals surface area contributed by atoms with Crippen LogP contribution in [0, 0.1) is 0 Å². The van der Waals surface area contributed by atoms with Crippen molar-refractivity contribution in [1.29, 1.82) is 0 Å². The van der Waals surface area contributed by atoms with Gasteiger partial charge in [-0.3, -0.25) is 4.79 Å². The molecule has 49 heavy (non-hydrogen) atoms. The zero-order valence-corrected chi connectivity index (χ0v) is 31.1. The van der Waals surface area contributed by atoms with Gasteiger partial charge in [0.05, 0.1) is 139 Å². The second kappa shape index (κ2) is 45.1. The van der Waals surface area contributed by atoms with Crippen LogP contribution in [0.2, 0.25) is 0 Å². The normalized spacial score (nSPS) is 11.5. The Labute approximate surface area is 297 Å². The highest BCUT2D eigenvalue weighted by molar-refractivity contribution is 5.65. The van der Waals surface area contributed by atoms with Crippen molar-refractivity contribution in [2.75, 3.05) is 152 Å². The predicted molar refractivity (Wildman–Crippen MR) is 187 cm³/mol. The quantitative estimate of drug-likeness (QED) is 0.0643. The van der Waals surface area contributed by atoms with Crippen LogP contribution in [-0.4, -0.2) is 158 Å². The summed E-state index contributed by atoms with van der Waals surface area (Å²) < 4.78 is 65.0. The number of esters is 1. The molecule has 0 aromatic carbocycles. The Bertz CT molecular complexity index is 615. The first-order valence-corrected chi connectivity index (χ1v) is 18.8. The van der Waals surface area contributed by atoms with E-state index in [0.717, 1.165) is 13.0 Å². The van der Waals surface area contributed by atoms with E-state index in [4.69, 9.17) is 56.8 Å². The first-order chi connectivity index (χ1) is 24.3. The maximum atomic E-state index is 10.6. The van der Waals surface area contributed by atoms with Crippen LogP contribution in [0.25, 0.3) is 0 Å². The molecule has 0 aliphatic carbocycles. The summed E-state index contributed by atoms with van der Waals surface area (Å²) in [7, 11) is 0. The van der Waals surface area contributed by atoms with E-state index in [-0.39, 0.29) is 12.6 Å². The Morgan fingerprint density at radius 2 is 0.490 bits per heavy atom. The van der Waals surface area contributed by atoms with Crippen LogP contribution < -0.4 is 0 Å². The maximum absolute atomic E-state index is 10.6. The Kier molecular flexibility index (Phi) is 44.2. The molecule has 0 aromatic rings. The van der Waals surface area contributed by atoms with E-state index in [0.29, 0.717) is 139 Å². The van der Waals surface area contributed by atoms with Crippen molar-refractivity contribution in [2.24, 2.45) is 0 Å². The van der Waals surface area contributed by atoms with E-state index >= 15 is 0 Å². The molecule has 0 heterocycles. The van der Waals surface area contributed by atoms with Crippen molar-refractivity contribution in [3.05, 3.63) is 0 Å². The number of carbonyl (C=O) groups is 1. The lowest BCUT2D eigenvalue weighted by Crippen LogP contribution is -2.15. The van der Waals surface area contributed by atoms with Gasteiger partial charge in [-0.2, -0.15) is 0 Å². The van der Waals surface area contributed by atoms with Gasteiger partial charge in [0.15, 0.2) is 0 Å². The molecule has 13 heteroatoms. The molecule has 0 N–H and O–H groups in total. The zero-order valence-electron chi connectivity index (χ0n) is 31.1. The lowest BCUT2D eigenvalue weighted by Gasteiger charge is -2.09. The lowest BCUT2D eigenvalue weighted by atomic mass is 10.1. The Hall–Kier alpha value is -0.970. The van der Waals surface area contributed by atoms with Gasteiger partial charge in [-0.15, -0.1) is 0 Å². The average molecular weight is 713 g/mol. The Morgan fingerprint density at radius 3 is 0.735 bits per heavy atom. The zero-order chi connectivity index (χ0) is 35.4.